The monoisotopic (exact) mass is 268 g/mol. The fourth-order valence-electron chi connectivity index (χ4n) is 7.28. The van der Waals surface area contributed by atoms with E-state index < -0.39 is 0 Å². The van der Waals surface area contributed by atoms with E-state index in [0.29, 0.717) is 16.2 Å². The first-order valence-electron chi connectivity index (χ1n) is 8.54. The number of rotatable bonds is 2. The van der Waals surface area contributed by atoms with Gasteiger partial charge in [0.15, 0.2) is 0 Å². The molecule has 0 saturated heterocycles. The standard InChI is InChI=1S/C20H28/c1-4-17-15-10-18(2)12-19(3,11-15)14-20(17,13-18)16-8-6-5-7-9-16/h5-9,15,17H,4,10-14H2,1-3H3. The lowest BCUT2D eigenvalue weighted by Crippen LogP contribution is -2.61. The summed E-state index contributed by atoms with van der Waals surface area (Å²) in [5.74, 6) is 1.90. The maximum atomic E-state index is 2.58. The Bertz CT molecular complexity index is 496. The van der Waals surface area contributed by atoms with E-state index in [1.54, 1.807) is 5.56 Å². The molecule has 108 valence electrons. The van der Waals surface area contributed by atoms with E-state index in [9.17, 15) is 0 Å². The molecule has 3 atom stereocenters. The fourth-order valence-corrected chi connectivity index (χ4v) is 7.28. The second-order valence-corrected chi connectivity index (χ2v) is 8.86. The zero-order valence-electron chi connectivity index (χ0n) is 13.3. The molecule has 0 aromatic heterocycles. The second kappa shape index (κ2) is 3.90. The van der Waals surface area contributed by atoms with Crippen LogP contribution in [0, 0.1) is 22.7 Å². The van der Waals surface area contributed by atoms with E-state index in [0.717, 1.165) is 11.8 Å². The lowest BCUT2D eigenvalue weighted by molar-refractivity contribution is -0.149. The van der Waals surface area contributed by atoms with Crippen molar-refractivity contribution in [1.29, 1.82) is 0 Å². The Kier molecular flexibility index (Phi) is 2.52. The average molecular weight is 268 g/mol. The van der Waals surface area contributed by atoms with Crippen LogP contribution in [0.3, 0.4) is 0 Å². The van der Waals surface area contributed by atoms with Gasteiger partial charge in [0, 0.05) is 0 Å². The molecule has 0 heterocycles. The van der Waals surface area contributed by atoms with Crippen molar-refractivity contribution in [2.24, 2.45) is 22.7 Å². The summed E-state index contributed by atoms with van der Waals surface area (Å²) in [6, 6.07) is 11.5. The van der Waals surface area contributed by atoms with Crippen molar-refractivity contribution in [2.75, 3.05) is 0 Å². The van der Waals surface area contributed by atoms with E-state index in [-0.39, 0.29) is 0 Å². The first-order valence-corrected chi connectivity index (χ1v) is 8.54. The maximum absolute atomic E-state index is 2.58. The minimum Gasteiger partial charge on any atom is -0.0651 e. The van der Waals surface area contributed by atoms with Gasteiger partial charge in [-0.1, -0.05) is 57.5 Å². The van der Waals surface area contributed by atoms with Crippen molar-refractivity contribution in [3.63, 3.8) is 0 Å². The van der Waals surface area contributed by atoms with Crippen LogP contribution in [0.15, 0.2) is 30.3 Å². The first kappa shape index (κ1) is 12.9. The molecule has 4 aliphatic carbocycles. The summed E-state index contributed by atoms with van der Waals surface area (Å²) in [6.07, 6.45) is 8.71. The summed E-state index contributed by atoms with van der Waals surface area (Å²) in [6.45, 7) is 7.60. The van der Waals surface area contributed by atoms with Crippen molar-refractivity contribution in [3.8, 4) is 0 Å². The summed E-state index contributed by atoms with van der Waals surface area (Å²) < 4.78 is 0. The molecular weight excluding hydrogens is 240 g/mol. The van der Waals surface area contributed by atoms with Gasteiger partial charge in [-0.15, -0.1) is 0 Å². The highest BCUT2D eigenvalue weighted by Crippen LogP contribution is 2.72. The van der Waals surface area contributed by atoms with E-state index in [1.807, 2.05) is 0 Å². The minimum atomic E-state index is 0.485. The van der Waals surface area contributed by atoms with Crippen LogP contribution in [0.25, 0.3) is 0 Å². The highest BCUT2D eigenvalue weighted by Gasteiger charge is 2.64. The number of hydrogen-bond donors (Lipinski definition) is 0. The van der Waals surface area contributed by atoms with E-state index in [1.165, 1.54) is 38.5 Å². The molecule has 4 aliphatic rings. The molecule has 3 unspecified atom stereocenters. The molecule has 5 rings (SSSR count). The molecule has 0 N–H and O–H groups in total. The Hall–Kier alpha value is -0.780. The van der Waals surface area contributed by atoms with Crippen molar-refractivity contribution < 1.29 is 0 Å². The van der Waals surface area contributed by atoms with Gasteiger partial charge >= 0.3 is 0 Å². The Morgan fingerprint density at radius 2 is 1.55 bits per heavy atom. The van der Waals surface area contributed by atoms with Crippen LogP contribution in [0.5, 0.6) is 0 Å². The third kappa shape index (κ3) is 1.60. The number of benzene rings is 1. The van der Waals surface area contributed by atoms with Gasteiger partial charge in [0.2, 0.25) is 0 Å². The molecule has 0 amide bonds. The molecule has 4 saturated carbocycles. The van der Waals surface area contributed by atoms with Crippen LogP contribution in [0.4, 0.5) is 0 Å². The topological polar surface area (TPSA) is 0 Å². The van der Waals surface area contributed by atoms with Gasteiger partial charge in [0.25, 0.3) is 0 Å². The minimum absolute atomic E-state index is 0.485. The SMILES string of the molecule is CCC1C2CC3(C)CC(C)(C2)CC1(c1ccccc1)C3. The van der Waals surface area contributed by atoms with Gasteiger partial charge in [0.05, 0.1) is 0 Å². The Labute approximate surface area is 124 Å². The van der Waals surface area contributed by atoms with Crippen LogP contribution >= 0.6 is 0 Å². The smallest absolute Gasteiger partial charge is 0.000587 e. The van der Waals surface area contributed by atoms with Crippen LogP contribution in [0.2, 0.25) is 0 Å². The summed E-state index contributed by atoms with van der Waals surface area (Å²) in [5.41, 5.74) is 3.35. The molecule has 1 aromatic rings. The van der Waals surface area contributed by atoms with Gasteiger partial charge in [-0.25, -0.2) is 0 Å². The van der Waals surface area contributed by atoms with E-state index in [2.05, 4.69) is 51.1 Å². The van der Waals surface area contributed by atoms with Crippen LogP contribution in [-0.4, -0.2) is 0 Å². The lowest BCUT2D eigenvalue weighted by Gasteiger charge is -2.69. The summed E-state index contributed by atoms with van der Waals surface area (Å²) in [7, 11) is 0. The molecule has 0 spiro atoms. The molecule has 0 nitrogen and oxygen atoms in total. The van der Waals surface area contributed by atoms with Crippen LogP contribution in [0.1, 0.15) is 64.9 Å². The van der Waals surface area contributed by atoms with E-state index >= 15 is 0 Å². The molecule has 20 heavy (non-hydrogen) atoms. The molecule has 0 heteroatoms. The van der Waals surface area contributed by atoms with E-state index in [4.69, 9.17) is 0 Å². The van der Waals surface area contributed by atoms with Crippen molar-refractivity contribution in [1.82, 2.24) is 0 Å². The van der Waals surface area contributed by atoms with Gasteiger partial charge in [-0.2, -0.15) is 0 Å². The molecule has 4 fully saturated rings. The second-order valence-electron chi connectivity index (χ2n) is 8.86. The normalized spacial score (nSPS) is 49.5. The van der Waals surface area contributed by atoms with Gasteiger partial charge in [-0.3, -0.25) is 0 Å². The first-order chi connectivity index (χ1) is 9.49. The van der Waals surface area contributed by atoms with Gasteiger partial charge < -0.3 is 0 Å². The molecule has 4 bridgehead atoms. The van der Waals surface area contributed by atoms with Crippen molar-refractivity contribution >= 4 is 0 Å². The fraction of sp³-hybridized carbons (Fsp3) is 0.700. The Morgan fingerprint density at radius 3 is 2.10 bits per heavy atom. The highest BCUT2D eigenvalue weighted by atomic mass is 14.7. The third-order valence-electron chi connectivity index (χ3n) is 6.92. The van der Waals surface area contributed by atoms with Gasteiger partial charge in [0.1, 0.15) is 0 Å². The Morgan fingerprint density at radius 1 is 0.950 bits per heavy atom. The molecule has 0 radical (unpaired) electrons. The predicted molar refractivity (Wildman–Crippen MR) is 84.7 cm³/mol. The average Bonchev–Trinajstić information content (AvgIpc) is 2.36. The molecule has 0 aliphatic heterocycles. The quantitative estimate of drug-likeness (QED) is 0.657. The zero-order valence-corrected chi connectivity index (χ0v) is 13.3. The third-order valence-corrected chi connectivity index (χ3v) is 6.92. The summed E-state index contributed by atoms with van der Waals surface area (Å²) >= 11 is 0. The molecule has 1 aromatic carbocycles. The largest absolute Gasteiger partial charge is 0.0651 e. The maximum Gasteiger partial charge on any atom is -0.000587 e. The number of hydrogen-bond acceptors (Lipinski definition) is 0. The van der Waals surface area contributed by atoms with Crippen molar-refractivity contribution in [3.05, 3.63) is 35.9 Å². The lowest BCUT2D eigenvalue weighted by atomic mass is 9.36. The molecular formula is C20H28. The van der Waals surface area contributed by atoms with Crippen molar-refractivity contribution in [2.45, 2.75) is 64.7 Å². The summed E-state index contributed by atoms with van der Waals surface area (Å²) in [5, 5.41) is 0. The zero-order chi connectivity index (χ0) is 14.0. The summed E-state index contributed by atoms with van der Waals surface area (Å²) in [4.78, 5) is 0. The van der Waals surface area contributed by atoms with Crippen LogP contribution in [-0.2, 0) is 5.41 Å². The predicted octanol–water partition coefficient (Wildman–Crippen LogP) is 5.57. The van der Waals surface area contributed by atoms with Gasteiger partial charge in [-0.05, 0) is 65.7 Å². The Balaban J connectivity index is 1.88. The van der Waals surface area contributed by atoms with Crippen LogP contribution < -0.4 is 0 Å². The highest BCUT2D eigenvalue weighted by molar-refractivity contribution is 5.33.